The average Bonchev–Trinajstić information content (AvgIpc) is 3.21. The third-order valence-corrected chi connectivity index (χ3v) is 6.04. The average molecular weight is 456 g/mol. The molecule has 0 radical (unpaired) electrons. The molecule has 0 spiro atoms. The van der Waals surface area contributed by atoms with E-state index in [1.54, 1.807) is 49.9 Å². The van der Waals surface area contributed by atoms with Crippen LogP contribution in [-0.4, -0.2) is 47.1 Å². The van der Waals surface area contributed by atoms with Crippen LogP contribution in [0.15, 0.2) is 36.4 Å². The van der Waals surface area contributed by atoms with Gasteiger partial charge in [0, 0.05) is 17.4 Å². The van der Waals surface area contributed by atoms with Crippen molar-refractivity contribution >= 4 is 40.3 Å². The van der Waals surface area contributed by atoms with Crippen molar-refractivity contribution in [3.63, 3.8) is 0 Å². The van der Waals surface area contributed by atoms with Crippen molar-refractivity contribution in [1.29, 1.82) is 0 Å². The van der Waals surface area contributed by atoms with Gasteiger partial charge in [0.15, 0.2) is 28.5 Å². The Morgan fingerprint density at radius 3 is 2.56 bits per heavy atom. The Balaban J connectivity index is 1.65. The number of amides is 1. The number of carbonyl (C=O) groups is 1. The highest BCUT2D eigenvalue weighted by Gasteiger charge is 2.50. The number of ether oxygens (including phenoxy) is 2. The fourth-order valence-corrected chi connectivity index (χ4v) is 4.41. The molecule has 2 fully saturated rings. The highest BCUT2D eigenvalue weighted by atomic mass is 32.1. The molecule has 1 unspecified atom stereocenters. The summed E-state index contributed by atoms with van der Waals surface area (Å²) >= 11 is 5.63. The maximum atomic E-state index is 14.9. The molecule has 32 heavy (non-hydrogen) atoms. The smallest absolute Gasteiger partial charge is 0.259 e. The summed E-state index contributed by atoms with van der Waals surface area (Å²) in [7, 11) is 0. The second-order valence-corrected chi connectivity index (χ2v) is 8.64. The third-order valence-electron chi connectivity index (χ3n) is 5.68. The van der Waals surface area contributed by atoms with Gasteiger partial charge in [0.25, 0.3) is 5.91 Å². The highest BCUT2D eigenvalue weighted by Crippen LogP contribution is 2.38. The van der Waals surface area contributed by atoms with Crippen LogP contribution in [0.25, 0.3) is 4.85 Å². The number of benzene rings is 2. The molecule has 2 saturated heterocycles. The van der Waals surface area contributed by atoms with E-state index in [4.69, 9.17) is 28.3 Å². The van der Waals surface area contributed by atoms with Gasteiger partial charge >= 0.3 is 0 Å². The van der Waals surface area contributed by atoms with Crippen LogP contribution in [-0.2, 0) is 9.53 Å². The van der Waals surface area contributed by atoms with E-state index in [2.05, 4.69) is 4.85 Å². The summed E-state index contributed by atoms with van der Waals surface area (Å²) in [5.74, 6) is -0.910. The minimum atomic E-state index is -1.06. The lowest BCUT2D eigenvalue weighted by Crippen LogP contribution is -2.44. The summed E-state index contributed by atoms with van der Waals surface area (Å²) in [6.45, 7) is 12.8. The Bertz CT molecular complexity index is 1150. The number of rotatable bonds is 4. The number of carbonyl (C=O) groups excluding carboxylic acids is 1. The number of nitrogens with zero attached hydrogens (tertiary/aromatic N) is 3. The van der Waals surface area contributed by atoms with Crippen molar-refractivity contribution in [2.24, 2.45) is 0 Å². The van der Waals surface area contributed by atoms with Gasteiger partial charge in [0.1, 0.15) is 11.6 Å². The molecule has 0 saturated carbocycles. The van der Waals surface area contributed by atoms with Crippen molar-refractivity contribution in [2.75, 3.05) is 23.0 Å². The second-order valence-electron chi connectivity index (χ2n) is 8.28. The molecular formula is C23H22FN3O4S. The van der Waals surface area contributed by atoms with Gasteiger partial charge in [-0.25, -0.2) is 9.24 Å². The van der Waals surface area contributed by atoms with Crippen molar-refractivity contribution in [1.82, 2.24) is 0 Å². The lowest BCUT2D eigenvalue weighted by atomic mass is 10.0. The molecule has 0 bridgehead atoms. The van der Waals surface area contributed by atoms with Crippen LogP contribution in [0.4, 0.5) is 21.5 Å². The third kappa shape index (κ3) is 3.60. The van der Waals surface area contributed by atoms with Gasteiger partial charge < -0.3 is 19.5 Å². The summed E-state index contributed by atoms with van der Waals surface area (Å²) in [5.41, 5.74) is 1.12. The number of aryl methyl sites for hydroxylation is 1. The molecule has 2 aromatic rings. The monoisotopic (exact) mass is 455 g/mol. The van der Waals surface area contributed by atoms with Crippen LogP contribution in [0.3, 0.4) is 0 Å². The first-order valence-corrected chi connectivity index (χ1v) is 10.4. The SMILES string of the molecule is [C-]#[N+]c1ccc(N2C(=O)C(C)(C)N(c3ccc(OC4COC[C@@H]4O)c(F)c3)C2=S)cc1C. The number of hydrogen-bond donors (Lipinski definition) is 1. The molecule has 2 atom stereocenters. The fraction of sp³-hybridized carbons (Fsp3) is 0.348. The Morgan fingerprint density at radius 1 is 1.25 bits per heavy atom. The van der Waals surface area contributed by atoms with Gasteiger partial charge in [-0.3, -0.25) is 9.69 Å². The first kappa shape index (κ1) is 22.1. The Labute approximate surface area is 190 Å². The van der Waals surface area contributed by atoms with Gasteiger partial charge in [0.2, 0.25) is 0 Å². The first-order valence-electron chi connectivity index (χ1n) is 10.0. The number of anilines is 2. The molecule has 166 valence electrons. The van der Waals surface area contributed by atoms with Crippen molar-refractivity contribution in [2.45, 2.75) is 38.5 Å². The normalized spacial score (nSPS) is 22.4. The van der Waals surface area contributed by atoms with E-state index in [1.807, 2.05) is 0 Å². The zero-order valence-electron chi connectivity index (χ0n) is 17.8. The molecule has 7 nitrogen and oxygen atoms in total. The zero-order chi connectivity index (χ0) is 23.2. The van der Waals surface area contributed by atoms with Gasteiger partial charge in [-0.2, -0.15) is 0 Å². The van der Waals surface area contributed by atoms with Crippen molar-refractivity contribution < 1.29 is 23.8 Å². The Hall–Kier alpha value is -3.06. The van der Waals surface area contributed by atoms with Crippen LogP contribution in [0, 0.1) is 19.3 Å². The lowest BCUT2D eigenvalue weighted by Gasteiger charge is -2.29. The number of aliphatic hydroxyl groups excluding tert-OH is 1. The standard InChI is InChI=1S/C23H22FN3O4S/c1-13-9-14(5-7-17(13)25-4)26-21(29)23(2,3)27(22(26)32)15-6-8-19(16(24)10-15)31-20-12-30-11-18(20)28/h5-10,18,20,28H,11-12H2,1-3H3/t18-,20?/m0/s1. The molecular weight excluding hydrogens is 433 g/mol. The summed E-state index contributed by atoms with van der Waals surface area (Å²) in [6, 6.07) is 9.40. The van der Waals surface area contributed by atoms with E-state index in [0.717, 1.165) is 5.56 Å². The summed E-state index contributed by atoms with van der Waals surface area (Å²) in [6.07, 6.45) is -1.46. The molecule has 2 aliphatic heterocycles. The lowest BCUT2D eigenvalue weighted by molar-refractivity contribution is -0.120. The van der Waals surface area contributed by atoms with Crippen LogP contribution < -0.4 is 14.5 Å². The summed E-state index contributed by atoms with van der Waals surface area (Å²) in [4.78, 5) is 19.7. The zero-order valence-corrected chi connectivity index (χ0v) is 18.6. The second kappa shape index (κ2) is 8.13. The van der Waals surface area contributed by atoms with Crippen LogP contribution >= 0.6 is 12.2 Å². The van der Waals surface area contributed by atoms with E-state index in [-0.39, 0.29) is 30.0 Å². The highest BCUT2D eigenvalue weighted by molar-refractivity contribution is 7.81. The molecule has 2 heterocycles. The molecule has 4 rings (SSSR count). The first-order chi connectivity index (χ1) is 15.1. The Morgan fingerprint density at radius 2 is 1.97 bits per heavy atom. The van der Waals surface area contributed by atoms with E-state index < -0.39 is 23.6 Å². The number of hydrogen-bond acceptors (Lipinski definition) is 5. The number of aliphatic hydroxyl groups is 1. The van der Waals surface area contributed by atoms with Gasteiger partial charge in [-0.05, 0) is 62.8 Å². The molecule has 2 aromatic carbocycles. The maximum absolute atomic E-state index is 14.9. The van der Waals surface area contributed by atoms with E-state index >= 15 is 0 Å². The molecule has 1 N–H and O–H groups in total. The molecule has 1 amide bonds. The molecule has 9 heteroatoms. The summed E-state index contributed by atoms with van der Waals surface area (Å²) < 4.78 is 25.6. The summed E-state index contributed by atoms with van der Waals surface area (Å²) in [5, 5.41) is 10.0. The van der Waals surface area contributed by atoms with Crippen LogP contribution in [0.2, 0.25) is 0 Å². The van der Waals surface area contributed by atoms with Gasteiger partial charge in [-0.15, -0.1) is 0 Å². The van der Waals surface area contributed by atoms with E-state index in [9.17, 15) is 14.3 Å². The predicted molar refractivity (Wildman–Crippen MR) is 122 cm³/mol. The van der Waals surface area contributed by atoms with Crippen LogP contribution in [0.1, 0.15) is 19.4 Å². The Kier molecular flexibility index (Phi) is 5.63. The minimum absolute atomic E-state index is 0.0141. The quantitative estimate of drug-likeness (QED) is 0.560. The van der Waals surface area contributed by atoms with Crippen molar-refractivity contribution in [3.05, 3.63) is 59.2 Å². The largest absolute Gasteiger partial charge is 0.482 e. The van der Waals surface area contributed by atoms with Gasteiger partial charge in [0.05, 0.1) is 19.8 Å². The van der Waals surface area contributed by atoms with E-state index in [1.165, 1.54) is 17.0 Å². The van der Waals surface area contributed by atoms with Crippen molar-refractivity contribution in [3.8, 4) is 5.75 Å². The maximum Gasteiger partial charge on any atom is 0.259 e. The predicted octanol–water partition coefficient (Wildman–Crippen LogP) is 3.74. The van der Waals surface area contributed by atoms with Gasteiger partial charge in [-0.1, -0.05) is 6.07 Å². The molecule has 0 aromatic heterocycles. The topological polar surface area (TPSA) is 66.6 Å². The number of thiocarbonyl (C=S) groups is 1. The molecule has 0 aliphatic carbocycles. The fourth-order valence-electron chi connectivity index (χ4n) is 3.88. The van der Waals surface area contributed by atoms with Crippen LogP contribution in [0.5, 0.6) is 5.75 Å². The number of halogens is 1. The van der Waals surface area contributed by atoms with E-state index in [0.29, 0.717) is 17.1 Å². The minimum Gasteiger partial charge on any atom is -0.482 e. The molecule has 2 aliphatic rings.